The van der Waals surface area contributed by atoms with Gasteiger partial charge in [0.2, 0.25) is 0 Å². The van der Waals surface area contributed by atoms with E-state index in [0.717, 1.165) is 5.92 Å². The van der Waals surface area contributed by atoms with Crippen molar-refractivity contribution in [1.82, 2.24) is 0 Å². The Labute approximate surface area is 79.5 Å². The molecule has 0 spiro atoms. The van der Waals surface area contributed by atoms with Crippen molar-refractivity contribution < 1.29 is 5.11 Å². The fourth-order valence-electron chi connectivity index (χ4n) is 3.79. The smallest absolute Gasteiger partial charge is 0.0715 e. The van der Waals surface area contributed by atoms with Crippen molar-refractivity contribution in [2.24, 2.45) is 28.6 Å². The number of aliphatic hydroxyl groups excluding tert-OH is 1. The molecule has 4 atom stereocenters. The second kappa shape index (κ2) is 1.96. The minimum atomic E-state index is 0.0122. The van der Waals surface area contributed by atoms with E-state index in [4.69, 9.17) is 0 Å². The van der Waals surface area contributed by atoms with Crippen LogP contribution in [-0.4, -0.2) is 11.7 Å². The van der Waals surface area contributed by atoms with Crippen LogP contribution >= 0.6 is 0 Å². The van der Waals surface area contributed by atoms with Crippen LogP contribution in [0.3, 0.4) is 0 Å². The standard InChI is InChI=1S/C12H16O/c1-11(2)9-5-8-3-4-12(8,7-13)10(11)6-9/h8-10,13H,5-7H2,1-2H3. The first kappa shape index (κ1) is 7.88. The normalized spacial score (nSPS) is 53.6. The first-order valence-corrected chi connectivity index (χ1v) is 5.25. The Morgan fingerprint density at radius 3 is 2.54 bits per heavy atom. The molecule has 0 aliphatic heterocycles. The van der Waals surface area contributed by atoms with Crippen molar-refractivity contribution in [3.63, 3.8) is 0 Å². The van der Waals surface area contributed by atoms with Crippen molar-refractivity contribution >= 4 is 0 Å². The molecule has 0 aromatic carbocycles. The molecular formula is C12H16O. The molecule has 3 saturated carbocycles. The van der Waals surface area contributed by atoms with Gasteiger partial charge in [0.15, 0.2) is 0 Å². The highest BCUT2D eigenvalue weighted by molar-refractivity contribution is 5.37. The van der Waals surface area contributed by atoms with Crippen molar-refractivity contribution in [1.29, 1.82) is 0 Å². The largest absolute Gasteiger partial charge is 0.395 e. The van der Waals surface area contributed by atoms with Gasteiger partial charge >= 0.3 is 0 Å². The third kappa shape index (κ3) is 0.636. The summed E-state index contributed by atoms with van der Waals surface area (Å²) in [5.41, 5.74) is 0.451. The van der Waals surface area contributed by atoms with Crippen LogP contribution in [0.2, 0.25) is 0 Å². The van der Waals surface area contributed by atoms with Crippen molar-refractivity contribution in [2.45, 2.75) is 26.7 Å². The Hall–Kier alpha value is -0.480. The molecule has 4 aliphatic rings. The lowest BCUT2D eigenvalue weighted by atomic mass is 9.36. The van der Waals surface area contributed by atoms with Gasteiger partial charge in [0.05, 0.1) is 12.0 Å². The highest BCUT2D eigenvalue weighted by Gasteiger charge is 2.66. The summed E-state index contributed by atoms with van der Waals surface area (Å²) in [6, 6.07) is 0. The van der Waals surface area contributed by atoms with E-state index in [1.54, 1.807) is 0 Å². The van der Waals surface area contributed by atoms with E-state index in [1.165, 1.54) is 12.8 Å². The molecule has 1 heteroatoms. The van der Waals surface area contributed by atoms with Gasteiger partial charge in [-0.2, -0.15) is 0 Å². The predicted octanol–water partition coefficient (Wildman–Crippen LogP) is 1.66. The van der Waals surface area contributed by atoms with Gasteiger partial charge in [-0.3, -0.25) is 0 Å². The number of hydrogen-bond acceptors (Lipinski definition) is 1. The lowest BCUT2D eigenvalue weighted by Crippen LogP contribution is -2.64. The lowest BCUT2D eigenvalue weighted by molar-refractivity contribution is -0.172. The quantitative estimate of drug-likeness (QED) is 0.602. The average molecular weight is 176 g/mol. The molecule has 0 amide bonds. The predicted molar refractivity (Wildman–Crippen MR) is 50.8 cm³/mol. The Morgan fingerprint density at radius 1 is 1.38 bits per heavy atom. The van der Waals surface area contributed by atoms with Crippen molar-refractivity contribution in [3.05, 3.63) is 0 Å². The van der Waals surface area contributed by atoms with Crippen LogP contribution in [0.1, 0.15) is 26.7 Å². The van der Waals surface area contributed by atoms with Crippen LogP contribution in [0.15, 0.2) is 0 Å². The molecule has 4 aliphatic carbocycles. The van der Waals surface area contributed by atoms with Gasteiger partial charge in [0.1, 0.15) is 0 Å². The topological polar surface area (TPSA) is 20.2 Å². The zero-order chi connectivity index (χ0) is 9.27. The molecule has 1 N–H and O–H groups in total. The summed E-state index contributed by atoms with van der Waals surface area (Å²) in [5.74, 6) is 8.54. The Morgan fingerprint density at radius 2 is 2.15 bits per heavy atom. The van der Waals surface area contributed by atoms with Gasteiger partial charge in [-0.15, -0.1) is 0 Å². The molecule has 4 rings (SSSR count). The maximum atomic E-state index is 9.50. The van der Waals surface area contributed by atoms with E-state index in [9.17, 15) is 5.11 Å². The second-order valence-electron chi connectivity index (χ2n) is 5.56. The zero-order valence-electron chi connectivity index (χ0n) is 8.30. The third-order valence-corrected chi connectivity index (χ3v) is 4.98. The molecule has 4 unspecified atom stereocenters. The highest BCUT2D eigenvalue weighted by atomic mass is 16.3. The van der Waals surface area contributed by atoms with Crippen molar-refractivity contribution in [3.8, 4) is 11.8 Å². The van der Waals surface area contributed by atoms with E-state index in [2.05, 4.69) is 25.7 Å². The molecule has 0 aromatic heterocycles. The van der Waals surface area contributed by atoms with Gasteiger partial charge in [0, 0.05) is 5.92 Å². The van der Waals surface area contributed by atoms with E-state index in [-0.39, 0.29) is 12.0 Å². The fourth-order valence-corrected chi connectivity index (χ4v) is 3.79. The molecule has 2 bridgehead atoms. The van der Waals surface area contributed by atoms with Crippen LogP contribution in [0, 0.1) is 40.4 Å². The Balaban J connectivity index is 2.02. The molecule has 0 radical (unpaired) electrons. The van der Waals surface area contributed by atoms with E-state index in [0.29, 0.717) is 17.3 Å². The van der Waals surface area contributed by atoms with Gasteiger partial charge in [-0.1, -0.05) is 25.7 Å². The SMILES string of the molecule is CC1(C)C2CC3C#CC3(CO)C1C2. The van der Waals surface area contributed by atoms with Gasteiger partial charge in [0.25, 0.3) is 0 Å². The zero-order valence-corrected chi connectivity index (χ0v) is 8.30. The summed E-state index contributed by atoms with van der Waals surface area (Å²) in [6.07, 6.45) is 2.54. The molecule has 70 valence electrons. The van der Waals surface area contributed by atoms with Crippen LogP contribution in [0.25, 0.3) is 0 Å². The molecular weight excluding hydrogens is 160 g/mol. The molecule has 0 aromatic rings. The number of aliphatic hydroxyl groups is 1. The summed E-state index contributed by atoms with van der Waals surface area (Å²) >= 11 is 0. The van der Waals surface area contributed by atoms with E-state index in [1.807, 2.05) is 0 Å². The average Bonchev–Trinajstić information content (AvgIpc) is 2.06. The summed E-state index contributed by atoms with van der Waals surface area (Å²) in [4.78, 5) is 0. The fraction of sp³-hybridized carbons (Fsp3) is 0.833. The summed E-state index contributed by atoms with van der Waals surface area (Å²) in [7, 11) is 0. The van der Waals surface area contributed by atoms with Gasteiger partial charge < -0.3 is 5.11 Å². The maximum Gasteiger partial charge on any atom is 0.0715 e. The second-order valence-corrected chi connectivity index (χ2v) is 5.56. The maximum absolute atomic E-state index is 9.50. The molecule has 0 saturated heterocycles. The van der Waals surface area contributed by atoms with E-state index >= 15 is 0 Å². The number of rotatable bonds is 1. The van der Waals surface area contributed by atoms with Crippen LogP contribution in [0.4, 0.5) is 0 Å². The molecule has 3 fully saturated rings. The van der Waals surface area contributed by atoms with Crippen LogP contribution < -0.4 is 0 Å². The molecule has 1 nitrogen and oxygen atoms in total. The third-order valence-electron chi connectivity index (χ3n) is 4.98. The van der Waals surface area contributed by atoms with Gasteiger partial charge in [-0.25, -0.2) is 0 Å². The Bertz CT molecular complexity index is 320. The monoisotopic (exact) mass is 176 g/mol. The van der Waals surface area contributed by atoms with Gasteiger partial charge in [-0.05, 0) is 30.1 Å². The molecule has 13 heavy (non-hydrogen) atoms. The Kier molecular flexibility index (Phi) is 1.19. The van der Waals surface area contributed by atoms with Crippen LogP contribution in [-0.2, 0) is 0 Å². The minimum Gasteiger partial charge on any atom is -0.395 e. The summed E-state index contributed by atoms with van der Waals surface area (Å²) < 4.78 is 0. The number of hydrogen-bond donors (Lipinski definition) is 1. The first-order chi connectivity index (χ1) is 6.11. The minimum absolute atomic E-state index is 0.0122. The summed E-state index contributed by atoms with van der Waals surface area (Å²) in [5, 5.41) is 9.50. The van der Waals surface area contributed by atoms with Crippen molar-refractivity contribution in [2.75, 3.05) is 6.61 Å². The summed E-state index contributed by atoms with van der Waals surface area (Å²) in [6.45, 7) is 4.98. The van der Waals surface area contributed by atoms with Crippen LogP contribution in [0.5, 0.6) is 0 Å². The van der Waals surface area contributed by atoms with E-state index < -0.39 is 0 Å². The highest BCUT2D eigenvalue weighted by Crippen LogP contribution is 2.69. The first-order valence-electron chi connectivity index (χ1n) is 5.25. The molecule has 0 heterocycles. The lowest BCUT2D eigenvalue weighted by Gasteiger charge is -2.67.